The molecular formula is C17H18N6. The van der Waals surface area contributed by atoms with E-state index in [9.17, 15) is 0 Å². The summed E-state index contributed by atoms with van der Waals surface area (Å²) in [5.41, 5.74) is 5.13. The van der Waals surface area contributed by atoms with E-state index in [1.54, 1.807) is 10.8 Å². The molecular weight excluding hydrogens is 288 g/mol. The fourth-order valence-corrected chi connectivity index (χ4v) is 2.74. The van der Waals surface area contributed by atoms with Gasteiger partial charge >= 0.3 is 0 Å². The third-order valence-electron chi connectivity index (χ3n) is 4.16. The van der Waals surface area contributed by atoms with E-state index >= 15 is 0 Å². The van der Waals surface area contributed by atoms with Crippen LogP contribution in [0.3, 0.4) is 0 Å². The predicted molar refractivity (Wildman–Crippen MR) is 88.9 cm³/mol. The molecule has 0 radical (unpaired) electrons. The van der Waals surface area contributed by atoms with Crippen molar-refractivity contribution in [3.05, 3.63) is 47.7 Å². The first-order chi connectivity index (χ1) is 11.2. The van der Waals surface area contributed by atoms with Crippen molar-refractivity contribution in [3.8, 4) is 5.69 Å². The lowest BCUT2D eigenvalue weighted by Crippen LogP contribution is -2.00. The van der Waals surface area contributed by atoms with Gasteiger partial charge in [-0.1, -0.05) is 13.0 Å². The normalized spacial score (nSPS) is 11.6. The first kappa shape index (κ1) is 13.9. The number of hydrogen-bond donors (Lipinski definition) is 0. The van der Waals surface area contributed by atoms with Gasteiger partial charge in [0.25, 0.3) is 0 Å². The summed E-state index contributed by atoms with van der Waals surface area (Å²) in [5, 5.41) is 9.90. The van der Waals surface area contributed by atoms with Gasteiger partial charge < -0.3 is 0 Å². The zero-order valence-corrected chi connectivity index (χ0v) is 13.5. The van der Waals surface area contributed by atoms with Crippen molar-refractivity contribution in [1.82, 2.24) is 29.4 Å². The van der Waals surface area contributed by atoms with Crippen LogP contribution in [0.15, 0.2) is 30.7 Å². The monoisotopic (exact) mass is 306 g/mol. The van der Waals surface area contributed by atoms with Gasteiger partial charge in [0.2, 0.25) is 0 Å². The van der Waals surface area contributed by atoms with Gasteiger partial charge in [0.1, 0.15) is 6.33 Å². The van der Waals surface area contributed by atoms with E-state index < -0.39 is 0 Å². The van der Waals surface area contributed by atoms with Crippen molar-refractivity contribution < 1.29 is 0 Å². The van der Waals surface area contributed by atoms with Crippen molar-refractivity contribution in [2.24, 2.45) is 0 Å². The molecule has 1 aromatic carbocycles. The van der Waals surface area contributed by atoms with Gasteiger partial charge in [-0.05, 0) is 43.5 Å². The lowest BCUT2D eigenvalue weighted by molar-refractivity contribution is 0.811. The number of nitrogens with zero attached hydrogens (tertiary/aromatic N) is 6. The Morgan fingerprint density at radius 2 is 1.96 bits per heavy atom. The average molecular weight is 306 g/mol. The van der Waals surface area contributed by atoms with Gasteiger partial charge in [-0.15, -0.1) is 5.10 Å². The summed E-state index contributed by atoms with van der Waals surface area (Å²) in [5.74, 6) is 0.848. The Morgan fingerprint density at radius 1 is 1.09 bits per heavy atom. The molecule has 116 valence electrons. The number of benzene rings is 1. The minimum Gasteiger partial charge on any atom is -0.216 e. The first-order valence-corrected chi connectivity index (χ1v) is 7.83. The summed E-state index contributed by atoms with van der Waals surface area (Å²) in [6, 6.07) is 6.29. The average Bonchev–Trinajstić information content (AvgIpc) is 3.13. The van der Waals surface area contributed by atoms with Gasteiger partial charge in [0.15, 0.2) is 17.1 Å². The SMILES string of the molecule is CCCc1nc2c3cnn(-c4ccc(C)c(C)c4)c3ncn2n1. The molecule has 4 aromatic rings. The highest BCUT2D eigenvalue weighted by Gasteiger charge is 2.13. The van der Waals surface area contributed by atoms with Crippen LogP contribution in [-0.4, -0.2) is 29.4 Å². The Labute approximate surface area is 133 Å². The van der Waals surface area contributed by atoms with Gasteiger partial charge in [-0.3, -0.25) is 0 Å². The van der Waals surface area contributed by atoms with Crippen molar-refractivity contribution in [2.75, 3.05) is 0 Å². The number of aromatic nitrogens is 6. The lowest BCUT2D eigenvalue weighted by Gasteiger charge is -2.06. The molecule has 0 aliphatic heterocycles. The molecule has 23 heavy (non-hydrogen) atoms. The molecule has 6 heteroatoms. The second-order valence-electron chi connectivity index (χ2n) is 5.85. The molecule has 0 bridgehead atoms. The molecule has 0 fully saturated rings. The van der Waals surface area contributed by atoms with Gasteiger partial charge in [0, 0.05) is 6.42 Å². The summed E-state index contributed by atoms with van der Waals surface area (Å²) < 4.78 is 3.59. The smallest absolute Gasteiger partial charge is 0.170 e. The zero-order valence-electron chi connectivity index (χ0n) is 13.5. The van der Waals surface area contributed by atoms with Crippen LogP contribution in [0.4, 0.5) is 0 Å². The van der Waals surface area contributed by atoms with E-state index in [2.05, 4.69) is 59.1 Å². The molecule has 0 saturated carbocycles. The van der Waals surface area contributed by atoms with Crippen LogP contribution in [0.25, 0.3) is 22.4 Å². The largest absolute Gasteiger partial charge is 0.216 e. The van der Waals surface area contributed by atoms with E-state index in [1.807, 2.05) is 10.9 Å². The summed E-state index contributed by atoms with van der Waals surface area (Å²) >= 11 is 0. The van der Waals surface area contributed by atoms with Crippen molar-refractivity contribution in [1.29, 1.82) is 0 Å². The summed E-state index contributed by atoms with van der Waals surface area (Å²) in [7, 11) is 0. The highest BCUT2D eigenvalue weighted by Crippen LogP contribution is 2.21. The summed E-state index contributed by atoms with van der Waals surface area (Å²) in [4.78, 5) is 9.16. The van der Waals surface area contributed by atoms with Crippen LogP contribution >= 0.6 is 0 Å². The highest BCUT2D eigenvalue weighted by molar-refractivity contribution is 5.89. The Hall–Kier alpha value is -2.76. The summed E-state index contributed by atoms with van der Waals surface area (Å²) in [6.45, 7) is 6.33. The standard InChI is InChI=1S/C17H18N6/c1-4-5-15-20-17-14-9-19-23(16(14)18-10-22(17)21-15)13-7-6-11(2)12(3)8-13/h6-10H,4-5H2,1-3H3. The van der Waals surface area contributed by atoms with E-state index in [4.69, 9.17) is 0 Å². The molecule has 0 unspecified atom stereocenters. The molecule has 3 heterocycles. The van der Waals surface area contributed by atoms with Crippen molar-refractivity contribution in [3.63, 3.8) is 0 Å². The first-order valence-electron chi connectivity index (χ1n) is 7.83. The Balaban J connectivity index is 1.92. The number of aryl methyl sites for hydroxylation is 3. The van der Waals surface area contributed by atoms with Crippen LogP contribution in [-0.2, 0) is 6.42 Å². The van der Waals surface area contributed by atoms with E-state index in [0.29, 0.717) is 0 Å². The second kappa shape index (κ2) is 5.15. The molecule has 0 aliphatic carbocycles. The molecule has 4 rings (SSSR count). The van der Waals surface area contributed by atoms with Gasteiger partial charge in [0.05, 0.1) is 17.3 Å². The third kappa shape index (κ3) is 2.18. The van der Waals surface area contributed by atoms with Crippen LogP contribution in [0, 0.1) is 13.8 Å². The molecule has 0 N–H and O–H groups in total. The predicted octanol–water partition coefficient (Wildman–Crippen LogP) is 3.03. The number of fused-ring (bicyclic) bond motifs is 3. The molecule has 0 atom stereocenters. The van der Waals surface area contributed by atoms with Crippen LogP contribution in [0.5, 0.6) is 0 Å². The zero-order chi connectivity index (χ0) is 16.0. The number of hydrogen-bond acceptors (Lipinski definition) is 4. The minimum atomic E-state index is 0.802. The molecule has 0 aliphatic rings. The lowest BCUT2D eigenvalue weighted by atomic mass is 10.1. The van der Waals surface area contributed by atoms with Crippen molar-refractivity contribution in [2.45, 2.75) is 33.6 Å². The van der Waals surface area contributed by atoms with Gasteiger partial charge in [-0.25, -0.2) is 19.2 Å². The maximum absolute atomic E-state index is 4.63. The quantitative estimate of drug-likeness (QED) is 0.583. The Kier molecular flexibility index (Phi) is 3.11. The third-order valence-corrected chi connectivity index (χ3v) is 4.16. The van der Waals surface area contributed by atoms with Crippen LogP contribution < -0.4 is 0 Å². The minimum absolute atomic E-state index is 0.802. The molecule has 0 amide bonds. The topological polar surface area (TPSA) is 60.9 Å². The van der Waals surface area contributed by atoms with Crippen molar-refractivity contribution >= 4 is 16.7 Å². The molecule has 0 saturated heterocycles. The molecule has 6 nitrogen and oxygen atoms in total. The highest BCUT2D eigenvalue weighted by atomic mass is 15.3. The fraction of sp³-hybridized carbons (Fsp3) is 0.294. The second-order valence-corrected chi connectivity index (χ2v) is 5.85. The maximum atomic E-state index is 4.63. The van der Waals surface area contributed by atoms with Crippen LogP contribution in [0.2, 0.25) is 0 Å². The van der Waals surface area contributed by atoms with E-state index in [0.717, 1.165) is 41.0 Å². The maximum Gasteiger partial charge on any atom is 0.170 e. The molecule has 3 aromatic heterocycles. The Bertz CT molecular complexity index is 1010. The van der Waals surface area contributed by atoms with E-state index in [1.165, 1.54) is 11.1 Å². The van der Waals surface area contributed by atoms with Gasteiger partial charge in [-0.2, -0.15) is 5.10 Å². The Morgan fingerprint density at radius 3 is 2.74 bits per heavy atom. The summed E-state index contributed by atoms with van der Waals surface area (Å²) in [6.07, 6.45) is 5.42. The fourth-order valence-electron chi connectivity index (χ4n) is 2.74. The number of rotatable bonds is 3. The van der Waals surface area contributed by atoms with Crippen LogP contribution in [0.1, 0.15) is 30.3 Å². The molecule has 0 spiro atoms. The van der Waals surface area contributed by atoms with E-state index in [-0.39, 0.29) is 0 Å².